The van der Waals surface area contributed by atoms with Crippen LogP contribution in [0.15, 0.2) is 0 Å². The summed E-state index contributed by atoms with van der Waals surface area (Å²) in [5, 5.41) is 19.8. The molecule has 3 unspecified atom stereocenters. The van der Waals surface area contributed by atoms with Crippen molar-refractivity contribution in [1.82, 2.24) is 5.32 Å². The molecule has 5 heteroatoms. The lowest BCUT2D eigenvalue weighted by Crippen LogP contribution is -2.35. The van der Waals surface area contributed by atoms with Crippen LogP contribution in [-0.4, -0.2) is 23.5 Å². The Morgan fingerprint density at radius 1 is 1.44 bits per heavy atom. The molecule has 1 aliphatic rings. The summed E-state index contributed by atoms with van der Waals surface area (Å²) in [6.07, 6.45) is 2.08. The van der Waals surface area contributed by atoms with E-state index < -0.39 is 17.8 Å². The van der Waals surface area contributed by atoms with Crippen molar-refractivity contribution in [2.75, 3.05) is 6.54 Å². The minimum absolute atomic E-state index is 0.0571. The third-order valence-corrected chi connectivity index (χ3v) is 3.23. The molecule has 0 aromatic rings. The molecule has 16 heavy (non-hydrogen) atoms. The normalized spacial score (nSPS) is 28.4. The monoisotopic (exact) mass is 224 g/mol. The van der Waals surface area contributed by atoms with Gasteiger partial charge < -0.3 is 10.4 Å². The lowest BCUT2D eigenvalue weighted by molar-refractivity contribution is -0.146. The average molecular weight is 224 g/mol. The van der Waals surface area contributed by atoms with Crippen LogP contribution < -0.4 is 5.32 Å². The Morgan fingerprint density at radius 2 is 2.06 bits per heavy atom. The van der Waals surface area contributed by atoms with Gasteiger partial charge in [0.2, 0.25) is 5.91 Å². The third-order valence-electron chi connectivity index (χ3n) is 3.23. The minimum atomic E-state index is -0.909. The van der Waals surface area contributed by atoms with Gasteiger partial charge in [0.1, 0.15) is 6.54 Å². The predicted octanol–water partition coefficient (Wildman–Crippen LogP) is 0.763. The van der Waals surface area contributed by atoms with Gasteiger partial charge in [0, 0.05) is 0 Å². The molecule has 88 valence electrons. The second kappa shape index (κ2) is 5.50. The van der Waals surface area contributed by atoms with Crippen molar-refractivity contribution < 1.29 is 14.7 Å². The molecule has 0 aromatic carbocycles. The number of hydrogen-bond donors (Lipinski definition) is 2. The molecule has 0 aliphatic heterocycles. The van der Waals surface area contributed by atoms with E-state index in [1.165, 1.54) is 0 Å². The first kappa shape index (κ1) is 12.5. The van der Waals surface area contributed by atoms with Gasteiger partial charge in [-0.05, 0) is 18.8 Å². The first-order chi connectivity index (χ1) is 7.60. The second-order valence-corrected chi connectivity index (χ2v) is 4.17. The Labute approximate surface area is 94.4 Å². The summed E-state index contributed by atoms with van der Waals surface area (Å²) < 4.78 is 0. The van der Waals surface area contributed by atoms with Crippen LogP contribution in [0.2, 0.25) is 0 Å². The Balaban J connectivity index is 2.66. The van der Waals surface area contributed by atoms with Crippen LogP contribution in [0.4, 0.5) is 0 Å². The molecular formula is C11H16N2O3. The van der Waals surface area contributed by atoms with Gasteiger partial charge in [-0.3, -0.25) is 9.59 Å². The number of nitrogens with zero attached hydrogens (tertiary/aromatic N) is 1. The maximum absolute atomic E-state index is 11.7. The van der Waals surface area contributed by atoms with Crippen molar-refractivity contribution in [1.29, 1.82) is 5.26 Å². The number of nitrogens with one attached hydrogen (secondary N) is 1. The van der Waals surface area contributed by atoms with Crippen LogP contribution in [0.25, 0.3) is 0 Å². The van der Waals surface area contributed by atoms with E-state index in [1.807, 2.05) is 13.0 Å². The van der Waals surface area contributed by atoms with Gasteiger partial charge in [-0.15, -0.1) is 0 Å². The molecule has 5 nitrogen and oxygen atoms in total. The van der Waals surface area contributed by atoms with E-state index >= 15 is 0 Å². The number of carbonyl (C=O) groups excluding carboxylic acids is 1. The molecule has 0 radical (unpaired) electrons. The number of carboxylic acids is 1. The van der Waals surface area contributed by atoms with Gasteiger partial charge in [-0.2, -0.15) is 5.26 Å². The topological polar surface area (TPSA) is 90.2 Å². The van der Waals surface area contributed by atoms with Crippen molar-refractivity contribution in [3.05, 3.63) is 0 Å². The molecule has 1 rings (SSSR count). The first-order valence-electron chi connectivity index (χ1n) is 5.47. The van der Waals surface area contributed by atoms with Crippen LogP contribution in [0.5, 0.6) is 0 Å². The van der Waals surface area contributed by atoms with Gasteiger partial charge in [-0.25, -0.2) is 0 Å². The summed E-state index contributed by atoms with van der Waals surface area (Å²) in [5.41, 5.74) is 0. The van der Waals surface area contributed by atoms with Gasteiger partial charge in [0.15, 0.2) is 0 Å². The maximum Gasteiger partial charge on any atom is 0.307 e. The zero-order valence-electron chi connectivity index (χ0n) is 9.27. The Kier molecular flexibility index (Phi) is 4.29. The lowest BCUT2D eigenvalue weighted by atomic mass is 9.95. The quantitative estimate of drug-likeness (QED) is 0.690. The summed E-state index contributed by atoms with van der Waals surface area (Å²) in [4.78, 5) is 22.7. The molecule has 3 atom stereocenters. The Morgan fingerprint density at radius 3 is 2.56 bits per heavy atom. The molecule has 0 spiro atoms. The van der Waals surface area contributed by atoms with Crippen LogP contribution in [0.1, 0.15) is 26.2 Å². The van der Waals surface area contributed by atoms with E-state index in [0.717, 1.165) is 6.42 Å². The van der Waals surface area contributed by atoms with E-state index in [2.05, 4.69) is 5.32 Å². The Bertz CT molecular complexity index is 322. The highest BCUT2D eigenvalue weighted by Crippen LogP contribution is 2.38. The van der Waals surface area contributed by atoms with E-state index in [-0.39, 0.29) is 12.5 Å². The van der Waals surface area contributed by atoms with Crippen molar-refractivity contribution in [3.63, 3.8) is 0 Å². The Hall–Kier alpha value is -1.57. The van der Waals surface area contributed by atoms with Crippen molar-refractivity contribution >= 4 is 11.9 Å². The second-order valence-electron chi connectivity index (χ2n) is 4.17. The van der Waals surface area contributed by atoms with Crippen molar-refractivity contribution in [2.24, 2.45) is 17.8 Å². The molecular weight excluding hydrogens is 208 g/mol. The molecule has 2 N–H and O–H groups in total. The molecule has 1 saturated carbocycles. The molecule has 0 bridgehead atoms. The molecule has 1 amide bonds. The highest BCUT2D eigenvalue weighted by atomic mass is 16.4. The fraction of sp³-hybridized carbons (Fsp3) is 0.727. The molecule has 0 heterocycles. The van der Waals surface area contributed by atoms with Crippen LogP contribution in [-0.2, 0) is 9.59 Å². The van der Waals surface area contributed by atoms with E-state index in [0.29, 0.717) is 18.8 Å². The standard InChI is InChI=1S/C11H16N2O3/c1-2-7-5-8(9(6-7)11(15)16)10(14)13-4-3-12/h7-9H,2,4-6H2,1H3,(H,13,14)(H,15,16). The summed E-state index contributed by atoms with van der Waals surface area (Å²) in [6, 6.07) is 1.81. The molecule has 1 aliphatic carbocycles. The first-order valence-corrected chi connectivity index (χ1v) is 5.47. The fourth-order valence-electron chi connectivity index (χ4n) is 2.30. The van der Waals surface area contributed by atoms with Gasteiger partial charge in [0.05, 0.1) is 17.9 Å². The van der Waals surface area contributed by atoms with Gasteiger partial charge in [-0.1, -0.05) is 13.3 Å². The van der Waals surface area contributed by atoms with E-state index in [4.69, 9.17) is 10.4 Å². The lowest BCUT2D eigenvalue weighted by Gasteiger charge is -2.13. The maximum atomic E-state index is 11.7. The van der Waals surface area contributed by atoms with Crippen LogP contribution >= 0.6 is 0 Å². The highest BCUT2D eigenvalue weighted by molar-refractivity contribution is 5.85. The molecule has 1 fully saturated rings. The number of hydrogen-bond acceptors (Lipinski definition) is 3. The fourth-order valence-corrected chi connectivity index (χ4v) is 2.30. The van der Waals surface area contributed by atoms with E-state index in [9.17, 15) is 9.59 Å². The zero-order valence-corrected chi connectivity index (χ0v) is 9.27. The predicted molar refractivity (Wildman–Crippen MR) is 56.3 cm³/mol. The summed E-state index contributed by atoms with van der Waals surface area (Å²) >= 11 is 0. The third kappa shape index (κ3) is 2.72. The number of nitriles is 1. The number of amides is 1. The summed E-state index contributed by atoms with van der Waals surface area (Å²) in [6.45, 7) is 1.94. The van der Waals surface area contributed by atoms with Crippen molar-refractivity contribution in [2.45, 2.75) is 26.2 Å². The van der Waals surface area contributed by atoms with Crippen molar-refractivity contribution in [3.8, 4) is 6.07 Å². The average Bonchev–Trinajstić information content (AvgIpc) is 2.70. The minimum Gasteiger partial charge on any atom is -0.481 e. The SMILES string of the molecule is CCC1CC(C(=O)O)C(C(=O)NCC#N)C1. The zero-order chi connectivity index (χ0) is 12.1. The summed E-state index contributed by atoms with van der Waals surface area (Å²) in [5.74, 6) is -1.98. The summed E-state index contributed by atoms with van der Waals surface area (Å²) in [7, 11) is 0. The number of carbonyl (C=O) groups is 2. The number of aliphatic carboxylic acids is 1. The number of carboxylic acid groups (broad SMARTS) is 1. The smallest absolute Gasteiger partial charge is 0.307 e. The van der Waals surface area contributed by atoms with Gasteiger partial charge in [0.25, 0.3) is 0 Å². The largest absolute Gasteiger partial charge is 0.481 e. The highest BCUT2D eigenvalue weighted by Gasteiger charge is 2.41. The molecule has 0 saturated heterocycles. The number of rotatable bonds is 4. The van der Waals surface area contributed by atoms with Crippen LogP contribution in [0, 0.1) is 29.1 Å². The van der Waals surface area contributed by atoms with Gasteiger partial charge >= 0.3 is 5.97 Å². The molecule has 0 aromatic heterocycles. The van der Waals surface area contributed by atoms with Crippen LogP contribution in [0.3, 0.4) is 0 Å². The van der Waals surface area contributed by atoms with E-state index in [1.54, 1.807) is 0 Å².